The summed E-state index contributed by atoms with van der Waals surface area (Å²) >= 11 is 0. The number of nitrogens with zero attached hydrogens (tertiary/aromatic N) is 2. The summed E-state index contributed by atoms with van der Waals surface area (Å²) < 4.78 is 5.31. The molecule has 1 heterocycles. The fraction of sp³-hybridized carbons (Fsp3) is 0.111. The normalized spacial score (nSPS) is 10.5. The SMILES string of the molecule is COc1ccccc1CN(C=O)c1ccc2cccnc2c1O. The molecule has 23 heavy (non-hydrogen) atoms. The molecule has 5 heteroatoms. The molecule has 0 aliphatic rings. The predicted octanol–water partition coefficient (Wildman–Crippen LogP) is 3.11. The van der Waals surface area contributed by atoms with Crippen LogP contribution >= 0.6 is 0 Å². The molecule has 3 aromatic rings. The van der Waals surface area contributed by atoms with Gasteiger partial charge in [-0.15, -0.1) is 0 Å². The fourth-order valence-corrected chi connectivity index (χ4v) is 2.55. The van der Waals surface area contributed by atoms with Gasteiger partial charge in [0.25, 0.3) is 0 Å². The summed E-state index contributed by atoms with van der Waals surface area (Å²) in [5.74, 6) is 0.683. The molecule has 0 radical (unpaired) electrons. The number of amides is 1. The highest BCUT2D eigenvalue weighted by molar-refractivity contribution is 5.93. The van der Waals surface area contributed by atoms with Crippen molar-refractivity contribution in [3.63, 3.8) is 0 Å². The van der Waals surface area contributed by atoms with Crippen LogP contribution in [0.25, 0.3) is 10.9 Å². The Balaban J connectivity index is 2.01. The Kier molecular flexibility index (Phi) is 4.10. The standard InChI is InChI=1S/C18H16N2O3/c1-23-16-7-3-2-5-14(16)11-20(12-21)15-9-8-13-6-4-10-19-17(13)18(15)22/h2-10,12,22H,11H2,1H3. The van der Waals surface area contributed by atoms with Gasteiger partial charge in [0.05, 0.1) is 19.3 Å². The third-order valence-electron chi connectivity index (χ3n) is 3.70. The first kappa shape index (κ1) is 14.8. The van der Waals surface area contributed by atoms with E-state index >= 15 is 0 Å². The van der Waals surface area contributed by atoms with Crippen molar-refractivity contribution in [2.45, 2.75) is 6.54 Å². The largest absolute Gasteiger partial charge is 0.504 e. The molecule has 0 fully saturated rings. The first-order valence-corrected chi connectivity index (χ1v) is 7.15. The number of phenolic OH excluding ortho intramolecular Hbond substituents is 1. The van der Waals surface area contributed by atoms with E-state index in [1.165, 1.54) is 4.90 Å². The number of fused-ring (bicyclic) bond motifs is 1. The van der Waals surface area contributed by atoms with Crippen LogP contribution in [0.3, 0.4) is 0 Å². The first-order chi connectivity index (χ1) is 11.2. The molecular formula is C18H16N2O3. The average molecular weight is 308 g/mol. The Hall–Kier alpha value is -3.08. The number of rotatable bonds is 5. The Labute approximate surface area is 133 Å². The predicted molar refractivity (Wildman–Crippen MR) is 88.6 cm³/mol. The van der Waals surface area contributed by atoms with Gasteiger partial charge in [-0.25, -0.2) is 0 Å². The van der Waals surface area contributed by atoms with Gasteiger partial charge in [0, 0.05) is 17.1 Å². The molecule has 1 N–H and O–H groups in total. The van der Waals surface area contributed by atoms with Crippen molar-refractivity contribution in [3.8, 4) is 11.5 Å². The minimum absolute atomic E-state index is 0.00917. The van der Waals surface area contributed by atoms with Crippen LogP contribution in [0.2, 0.25) is 0 Å². The zero-order valence-electron chi connectivity index (χ0n) is 12.6. The number of aromatic hydroxyl groups is 1. The van der Waals surface area contributed by atoms with Crippen molar-refractivity contribution in [1.29, 1.82) is 0 Å². The molecule has 0 aliphatic heterocycles. The third kappa shape index (κ3) is 2.81. The Morgan fingerprint density at radius 2 is 2.00 bits per heavy atom. The lowest BCUT2D eigenvalue weighted by molar-refractivity contribution is -0.107. The fourth-order valence-electron chi connectivity index (χ4n) is 2.55. The average Bonchev–Trinajstić information content (AvgIpc) is 2.61. The smallest absolute Gasteiger partial charge is 0.214 e. The molecule has 3 rings (SSSR count). The van der Waals surface area contributed by atoms with Gasteiger partial charge in [0.1, 0.15) is 11.3 Å². The van der Waals surface area contributed by atoms with Crippen molar-refractivity contribution in [2.24, 2.45) is 0 Å². The van der Waals surface area contributed by atoms with Gasteiger partial charge in [-0.1, -0.05) is 30.3 Å². The number of carbonyl (C=O) groups is 1. The summed E-state index contributed by atoms with van der Waals surface area (Å²) in [5.41, 5.74) is 1.73. The van der Waals surface area contributed by atoms with Gasteiger partial charge in [0.15, 0.2) is 5.75 Å². The van der Waals surface area contributed by atoms with Crippen LogP contribution in [0.1, 0.15) is 5.56 Å². The lowest BCUT2D eigenvalue weighted by Crippen LogP contribution is -2.21. The van der Waals surface area contributed by atoms with Crippen LogP contribution in [0.15, 0.2) is 54.7 Å². The Morgan fingerprint density at radius 3 is 2.78 bits per heavy atom. The van der Waals surface area contributed by atoms with Crippen LogP contribution in [0.4, 0.5) is 5.69 Å². The number of carbonyl (C=O) groups excluding carboxylic acids is 1. The van der Waals surface area contributed by atoms with E-state index in [0.29, 0.717) is 29.9 Å². The number of aromatic nitrogens is 1. The summed E-state index contributed by atoms with van der Waals surface area (Å²) in [6.07, 6.45) is 2.30. The first-order valence-electron chi connectivity index (χ1n) is 7.15. The third-order valence-corrected chi connectivity index (χ3v) is 3.70. The number of hydrogen-bond acceptors (Lipinski definition) is 4. The van der Waals surface area contributed by atoms with E-state index in [1.807, 2.05) is 36.4 Å². The van der Waals surface area contributed by atoms with Crippen molar-refractivity contribution >= 4 is 23.0 Å². The van der Waals surface area contributed by atoms with E-state index in [4.69, 9.17) is 4.74 Å². The van der Waals surface area contributed by atoms with Crippen LogP contribution in [0.5, 0.6) is 11.5 Å². The second-order valence-corrected chi connectivity index (χ2v) is 5.05. The molecule has 0 atom stereocenters. The van der Waals surface area contributed by atoms with Gasteiger partial charge in [-0.2, -0.15) is 0 Å². The van der Waals surface area contributed by atoms with Crippen molar-refractivity contribution in [2.75, 3.05) is 12.0 Å². The van der Waals surface area contributed by atoms with Crippen molar-refractivity contribution < 1.29 is 14.6 Å². The zero-order chi connectivity index (χ0) is 16.2. The molecule has 0 saturated carbocycles. The number of pyridine rings is 1. The quantitative estimate of drug-likeness (QED) is 0.736. The molecule has 0 spiro atoms. The van der Waals surface area contributed by atoms with Crippen LogP contribution < -0.4 is 9.64 Å². The van der Waals surface area contributed by atoms with E-state index < -0.39 is 0 Å². The van der Waals surface area contributed by atoms with Crippen LogP contribution in [-0.2, 0) is 11.3 Å². The highest BCUT2D eigenvalue weighted by atomic mass is 16.5. The topological polar surface area (TPSA) is 62.7 Å². The van der Waals surface area contributed by atoms with E-state index in [1.54, 1.807) is 25.4 Å². The van der Waals surface area contributed by atoms with E-state index in [2.05, 4.69) is 4.98 Å². The summed E-state index contributed by atoms with van der Waals surface area (Å²) in [5, 5.41) is 11.3. The maximum Gasteiger partial charge on any atom is 0.214 e. The maximum absolute atomic E-state index is 11.6. The molecule has 0 aliphatic carbocycles. The van der Waals surface area contributed by atoms with E-state index in [0.717, 1.165) is 10.9 Å². The molecule has 116 valence electrons. The second kappa shape index (κ2) is 6.36. The molecule has 0 saturated heterocycles. The van der Waals surface area contributed by atoms with Crippen LogP contribution in [0, 0.1) is 0 Å². The highest BCUT2D eigenvalue weighted by Crippen LogP contribution is 2.34. The maximum atomic E-state index is 11.6. The van der Waals surface area contributed by atoms with Gasteiger partial charge in [0.2, 0.25) is 6.41 Å². The van der Waals surface area contributed by atoms with Gasteiger partial charge in [-0.3, -0.25) is 9.78 Å². The second-order valence-electron chi connectivity index (χ2n) is 5.05. The molecular weight excluding hydrogens is 292 g/mol. The Morgan fingerprint density at radius 1 is 1.17 bits per heavy atom. The van der Waals surface area contributed by atoms with Gasteiger partial charge >= 0.3 is 0 Å². The van der Waals surface area contributed by atoms with E-state index in [-0.39, 0.29) is 5.75 Å². The zero-order valence-corrected chi connectivity index (χ0v) is 12.6. The minimum atomic E-state index is -0.00917. The minimum Gasteiger partial charge on any atom is -0.504 e. The number of methoxy groups -OCH3 is 1. The summed E-state index contributed by atoms with van der Waals surface area (Å²) in [4.78, 5) is 17.2. The molecule has 5 nitrogen and oxygen atoms in total. The molecule has 2 aromatic carbocycles. The number of ether oxygens (including phenoxy) is 1. The number of phenols is 1. The lowest BCUT2D eigenvalue weighted by atomic mass is 10.1. The Bertz CT molecular complexity index is 849. The molecule has 0 bridgehead atoms. The van der Waals surface area contributed by atoms with Crippen LogP contribution in [-0.4, -0.2) is 23.6 Å². The summed E-state index contributed by atoms with van der Waals surface area (Å²) in [7, 11) is 1.58. The van der Waals surface area contributed by atoms with Gasteiger partial charge in [-0.05, 0) is 18.2 Å². The van der Waals surface area contributed by atoms with Gasteiger partial charge < -0.3 is 14.7 Å². The number of hydrogen-bond donors (Lipinski definition) is 1. The number of anilines is 1. The summed E-state index contributed by atoms with van der Waals surface area (Å²) in [6, 6.07) is 14.7. The van der Waals surface area contributed by atoms with Crippen molar-refractivity contribution in [1.82, 2.24) is 4.98 Å². The lowest BCUT2D eigenvalue weighted by Gasteiger charge is -2.20. The van der Waals surface area contributed by atoms with Crippen molar-refractivity contribution in [3.05, 3.63) is 60.3 Å². The number of para-hydroxylation sites is 1. The number of benzene rings is 2. The van der Waals surface area contributed by atoms with E-state index in [9.17, 15) is 9.90 Å². The highest BCUT2D eigenvalue weighted by Gasteiger charge is 2.15. The summed E-state index contributed by atoms with van der Waals surface area (Å²) in [6.45, 7) is 0.291. The molecule has 1 aromatic heterocycles. The molecule has 0 unspecified atom stereocenters. The monoisotopic (exact) mass is 308 g/mol. The molecule has 1 amide bonds.